The van der Waals surface area contributed by atoms with Crippen LogP contribution in [0.5, 0.6) is 0 Å². The number of halogens is 1. The number of hydrogen-bond donors (Lipinski definition) is 2. The average molecular weight is 321 g/mol. The number of thiazole rings is 1. The number of carbonyl (C=O) groups is 1. The molecule has 4 nitrogen and oxygen atoms in total. The summed E-state index contributed by atoms with van der Waals surface area (Å²) in [6, 6.07) is 6.38. The first-order valence-corrected chi connectivity index (χ1v) is 8.09. The van der Waals surface area contributed by atoms with Crippen LogP contribution in [0.25, 0.3) is 0 Å². The van der Waals surface area contributed by atoms with E-state index in [0.717, 1.165) is 16.3 Å². The first-order chi connectivity index (χ1) is 10.6. The van der Waals surface area contributed by atoms with Crippen LogP contribution >= 0.6 is 11.3 Å². The second-order valence-corrected chi connectivity index (χ2v) is 6.30. The predicted octanol–water partition coefficient (Wildman–Crippen LogP) is 2.13. The van der Waals surface area contributed by atoms with Gasteiger partial charge in [-0.3, -0.25) is 4.79 Å². The molecule has 0 aliphatic heterocycles. The average Bonchev–Trinajstić information content (AvgIpc) is 2.94. The SMILES string of the molecule is CC(CN)CNC(=O)Cc1csc(Cc2ccc(F)cc2)n1. The zero-order valence-corrected chi connectivity index (χ0v) is 13.3. The Labute approximate surface area is 133 Å². The van der Waals surface area contributed by atoms with Gasteiger partial charge in [0.15, 0.2) is 0 Å². The molecule has 0 saturated heterocycles. The zero-order valence-electron chi connectivity index (χ0n) is 12.5. The van der Waals surface area contributed by atoms with Crippen molar-refractivity contribution in [3.63, 3.8) is 0 Å². The van der Waals surface area contributed by atoms with Gasteiger partial charge in [0.2, 0.25) is 5.91 Å². The number of nitrogens with one attached hydrogen (secondary N) is 1. The van der Waals surface area contributed by atoms with Gasteiger partial charge in [-0.2, -0.15) is 0 Å². The number of amides is 1. The van der Waals surface area contributed by atoms with E-state index in [4.69, 9.17) is 5.73 Å². The first kappa shape index (κ1) is 16.6. The van der Waals surface area contributed by atoms with Crippen molar-refractivity contribution in [2.24, 2.45) is 11.7 Å². The summed E-state index contributed by atoms with van der Waals surface area (Å²) < 4.78 is 12.9. The van der Waals surface area contributed by atoms with Crippen LogP contribution in [0.1, 0.15) is 23.2 Å². The van der Waals surface area contributed by atoms with Gasteiger partial charge in [0.25, 0.3) is 0 Å². The van der Waals surface area contributed by atoms with E-state index in [1.807, 2.05) is 12.3 Å². The van der Waals surface area contributed by atoms with Crippen molar-refractivity contribution in [2.75, 3.05) is 13.1 Å². The fourth-order valence-electron chi connectivity index (χ4n) is 1.89. The van der Waals surface area contributed by atoms with E-state index in [1.165, 1.54) is 23.5 Å². The van der Waals surface area contributed by atoms with Crippen molar-refractivity contribution in [1.82, 2.24) is 10.3 Å². The lowest BCUT2D eigenvalue weighted by Crippen LogP contribution is -2.32. The summed E-state index contributed by atoms with van der Waals surface area (Å²) in [6.07, 6.45) is 0.925. The highest BCUT2D eigenvalue weighted by atomic mass is 32.1. The lowest BCUT2D eigenvalue weighted by molar-refractivity contribution is -0.120. The van der Waals surface area contributed by atoms with E-state index >= 15 is 0 Å². The van der Waals surface area contributed by atoms with E-state index in [2.05, 4.69) is 10.3 Å². The number of aromatic nitrogens is 1. The molecule has 1 atom stereocenters. The maximum atomic E-state index is 12.9. The Morgan fingerprint density at radius 3 is 2.82 bits per heavy atom. The molecule has 1 unspecified atom stereocenters. The highest BCUT2D eigenvalue weighted by molar-refractivity contribution is 7.09. The van der Waals surface area contributed by atoms with Crippen LogP contribution in [-0.4, -0.2) is 24.0 Å². The summed E-state index contributed by atoms with van der Waals surface area (Å²) in [5.74, 6) is -0.0145. The van der Waals surface area contributed by atoms with Crippen LogP contribution in [0.2, 0.25) is 0 Å². The van der Waals surface area contributed by atoms with Gasteiger partial charge >= 0.3 is 0 Å². The molecule has 0 saturated carbocycles. The summed E-state index contributed by atoms with van der Waals surface area (Å²) in [6.45, 7) is 3.13. The van der Waals surface area contributed by atoms with Gasteiger partial charge in [-0.15, -0.1) is 11.3 Å². The third-order valence-corrected chi connectivity index (χ3v) is 4.16. The van der Waals surface area contributed by atoms with Crippen LogP contribution < -0.4 is 11.1 Å². The largest absolute Gasteiger partial charge is 0.355 e. The normalized spacial score (nSPS) is 12.1. The van der Waals surface area contributed by atoms with Crippen molar-refractivity contribution in [3.8, 4) is 0 Å². The Kier molecular flexibility index (Phi) is 6.03. The second-order valence-electron chi connectivity index (χ2n) is 5.36. The molecule has 1 amide bonds. The third kappa shape index (κ3) is 5.20. The molecule has 6 heteroatoms. The minimum atomic E-state index is -0.244. The summed E-state index contributed by atoms with van der Waals surface area (Å²) >= 11 is 1.51. The van der Waals surface area contributed by atoms with Crippen LogP contribution in [0, 0.1) is 11.7 Å². The van der Waals surface area contributed by atoms with Crippen molar-refractivity contribution < 1.29 is 9.18 Å². The van der Waals surface area contributed by atoms with Crippen molar-refractivity contribution in [2.45, 2.75) is 19.8 Å². The van der Waals surface area contributed by atoms with E-state index in [1.54, 1.807) is 12.1 Å². The molecule has 1 aromatic carbocycles. The summed E-state index contributed by atoms with van der Waals surface area (Å²) in [5, 5.41) is 5.67. The minimum absolute atomic E-state index is 0.0427. The molecule has 2 aromatic rings. The van der Waals surface area contributed by atoms with Gasteiger partial charge in [0, 0.05) is 18.3 Å². The molecule has 1 heterocycles. The van der Waals surface area contributed by atoms with E-state index < -0.39 is 0 Å². The number of rotatable bonds is 7. The Bertz CT molecular complexity index is 612. The van der Waals surface area contributed by atoms with E-state index in [0.29, 0.717) is 19.5 Å². The highest BCUT2D eigenvalue weighted by Gasteiger charge is 2.09. The van der Waals surface area contributed by atoms with Gasteiger partial charge < -0.3 is 11.1 Å². The smallest absolute Gasteiger partial charge is 0.226 e. The number of carbonyl (C=O) groups excluding carboxylic acids is 1. The molecule has 0 bridgehead atoms. The van der Waals surface area contributed by atoms with E-state index in [-0.39, 0.29) is 24.1 Å². The molecular formula is C16H20FN3OS. The fraction of sp³-hybridized carbons (Fsp3) is 0.375. The fourth-order valence-corrected chi connectivity index (χ4v) is 2.71. The third-order valence-electron chi connectivity index (χ3n) is 3.26. The number of hydrogen-bond acceptors (Lipinski definition) is 4. The van der Waals surface area contributed by atoms with Gasteiger partial charge in [0.05, 0.1) is 17.1 Å². The molecule has 0 aliphatic carbocycles. The monoisotopic (exact) mass is 321 g/mol. The summed E-state index contributed by atoms with van der Waals surface area (Å²) in [7, 11) is 0. The Morgan fingerprint density at radius 1 is 1.41 bits per heavy atom. The van der Waals surface area contributed by atoms with Crippen LogP contribution in [-0.2, 0) is 17.6 Å². The van der Waals surface area contributed by atoms with Gasteiger partial charge in [0.1, 0.15) is 5.82 Å². The molecule has 2 rings (SSSR count). The molecule has 118 valence electrons. The number of nitrogens with zero attached hydrogens (tertiary/aromatic N) is 1. The van der Waals surface area contributed by atoms with Crippen molar-refractivity contribution in [1.29, 1.82) is 0 Å². The zero-order chi connectivity index (χ0) is 15.9. The summed E-state index contributed by atoms with van der Waals surface area (Å²) in [5.41, 5.74) is 7.28. The molecule has 1 aromatic heterocycles. The van der Waals surface area contributed by atoms with E-state index in [9.17, 15) is 9.18 Å². The second kappa shape index (κ2) is 8.00. The molecule has 22 heavy (non-hydrogen) atoms. The summed E-state index contributed by atoms with van der Waals surface area (Å²) in [4.78, 5) is 16.3. The Morgan fingerprint density at radius 2 is 2.14 bits per heavy atom. The molecule has 0 spiro atoms. The molecular weight excluding hydrogens is 301 g/mol. The van der Waals surface area contributed by atoms with Gasteiger partial charge in [-0.05, 0) is 30.2 Å². The molecule has 3 N–H and O–H groups in total. The van der Waals surface area contributed by atoms with Crippen LogP contribution in [0.3, 0.4) is 0 Å². The quantitative estimate of drug-likeness (QED) is 0.821. The Balaban J connectivity index is 1.85. The maximum Gasteiger partial charge on any atom is 0.226 e. The molecule has 0 fully saturated rings. The van der Waals surface area contributed by atoms with Crippen molar-refractivity contribution in [3.05, 3.63) is 51.7 Å². The molecule has 0 aliphatic rings. The maximum absolute atomic E-state index is 12.9. The predicted molar refractivity (Wildman–Crippen MR) is 86.3 cm³/mol. The van der Waals surface area contributed by atoms with Crippen LogP contribution in [0.4, 0.5) is 4.39 Å². The molecule has 0 radical (unpaired) electrons. The van der Waals surface area contributed by atoms with Gasteiger partial charge in [-0.25, -0.2) is 9.37 Å². The first-order valence-electron chi connectivity index (χ1n) is 7.21. The van der Waals surface area contributed by atoms with Crippen LogP contribution in [0.15, 0.2) is 29.6 Å². The highest BCUT2D eigenvalue weighted by Crippen LogP contribution is 2.15. The Hall–Kier alpha value is -1.79. The minimum Gasteiger partial charge on any atom is -0.355 e. The lowest BCUT2D eigenvalue weighted by Gasteiger charge is -2.09. The van der Waals surface area contributed by atoms with Gasteiger partial charge in [-0.1, -0.05) is 19.1 Å². The topological polar surface area (TPSA) is 68.0 Å². The number of benzene rings is 1. The lowest BCUT2D eigenvalue weighted by atomic mass is 10.1. The van der Waals surface area contributed by atoms with Crippen molar-refractivity contribution >= 4 is 17.2 Å². The standard InChI is InChI=1S/C16H20FN3OS/c1-11(8-18)9-19-15(21)7-14-10-22-16(20-14)6-12-2-4-13(17)5-3-12/h2-5,10-11H,6-9,18H2,1H3,(H,19,21). The number of nitrogens with two attached hydrogens (primary N) is 1.